The number of anilines is 1. The molecule has 1 heterocycles. The first kappa shape index (κ1) is 27.9. The third-order valence-corrected chi connectivity index (χ3v) is 6.18. The molecule has 0 aliphatic heterocycles. The van der Waals surface area contributed by atoms with Crippen molar-refractivity contribution in [1.29, 1.82) is 0 Å². The van der Waals surface area contributed by atoms with Crippen molar-refractivity contribution in [3.63, 3.8) is 0 Å². The lowest BCUT2D eigenvalue weighted by molar-refractivity contribution is -0.384. The monoisotopic (exact) mass is 560 g/mol. The molecule has 0 radical (unpaired) electrons. The predicted molar refractivity (Wildman–Crippen MR) is 149 cm³/mol. The number of carbonyl (C=O) groups is 2. The van der Waals surface area contributed by atoms with Gasteiger partial charge < -0.3 is 9.47 Å². The van der Waals surface area contributed by atoms with Crippen LogP contribution < -0.4 is 20.2 Å². The molecule has 2 N–H and O–H groups in total. The van der Waals surface area contributed by atoms with Crippen molar-refractivity contribution < 1.29 is 24.0 Å². The normalized spacial score (nSPS) is 10.7. The summed E-state index contributed by atoms with van der Waals surface area (Å²) in [6, 6.07) is 20.4. The second-order valence-corrected chi connectivity index (χ2v) is 9.29. The van der Waals surface area contributed by atoms with Gasteiger partial charge in [0, 0.05) is 23.3 Å². The van der Waals surface area contributed by atoms with Gasteiger partial charge in [-0.2, -0.15) is 5.10 Å². The number of nitrogens with zero attached hydrogens (tertiary/aromatic N) is 4. The number of carbonyl (C=O) groups excluding carboxylic acids is 2. The molecule has 4 rings (SSSR count). The van der Waals surface area contributed by atoms with Crippen molar-refractivity contribution in [3.8, 4) is 11.5 Å². The molecule has 2 amide bonds. The van der Waals surface area contributed by atoms with Crippen molar-refractivity contribution in [2.75, 3.05) is 18.5 Å². The first-order valence-corrected chi connectivity index (χ1v) is 12.8. The van der Waals surface area contributed by atoms with Crippen LogP contribution in [0.25, 0.3) is 0 Å². The fraction of sp³-hybridized carbons (Fsp3) is 0.148. The predicted octanol–water partition coefficient (Wildman–Crippen LogP) is 4.16. The highest BCUT2D eigenvalue weighted by Gasteiger charge is 2.14. The van der Waals surface area contributed by atoms with E-state index < -0.39 is 10.8 Å². The van der Waals surface area contributed by atoms with Gasteiger partial charge in [-0.25, -0.2) is 5.43 Å². The molecule has 0 aliphatic carbocycles. The summed E-state index contributed by atoms with van der Waals surface area (Å²) in [5, 5.41) is 26.3. The summed E-state index contributed by atoms with van der Waals surface area (Å²) in [6.45, 7) is 2.26. The van der Waals surface area contributed by atoms with Crippen LogP contribution in [0.5, 0.6) is 11.5 Å². The Balaban J connectivity index is 1.31. The second-order valence-electron chi connectivity index (χ2n) is 8.23. The third-order valence-electron chi connectivity index (χ3n) is 5.34. The van der Waals surface area contributed by atoms with Gasteiger partial charge in [-0.05, 0) is 36.8 Å². The van der Waals surface area contributed by atoms with E-state index >= 15 is 0 Å². The van der Waals surface area contributed by atoms with Crippen LogP contribution in [-0.4, -0.2) is 46.4 Å². The van der Waals surface area contributed by atoms with E-state index in [4.69, 9.17) is 9.47 Å². The van der Waals surface area contributed by atoms with Crippen molar-refractivity contribution in [3.05, 3.63) is 105 Å². The van der Waals surface area contributed by atoms with E-state index in [2.05, 4.69) is 26.0 Å². The van der Waals surface area contributed by atoms with Crippen LogP contribution in [0.4, 0.5) is 10.8 Å². The summed E-state index contributed by atoms with van der Waals surface area (Å²) in [6.07, 6.45) is 1.12. The third kappa shape index (κ3) is 7.91. The molecule has 13 heteroatoms. The molecule has 1 aromatic heterocycles. The van der Waals surface area contributed by atoms with Gasteiger partial charge in [-0.15, -0.1) is 10.2 Å². The van der Waals surface area contributed by atoms with Crippen LogP contribution in [0.15, 0.2) is 77.9 Å². The summed E-state index contributed by atoms with van der Waals surface area (Å²) in [5.74, 6) is 0.207. The van der Waals surface area contributed by atoms with Crippen LogP contribution in [0, 0.1) is 17.0 Å². The average molecular weight is 561 g/mol. The SMILES string of the molecule is Cc1ccccc1C(=O)Nc1nnc(CC(=O)NN=Cc2cc([N+](=O)[O-])ccc2OCCOc2ccccc2)s1. The zero-order valence-corrected chi connectivity index (χ0v) is 22.1. The summed E-state index contributed by atoms with van der Waals surface area (Å²) in [7, 11) is 0. The van der Waals surface area contributed by atoms with Crippen molar-refractivity contribution in [2.24, 2.45) is 5.10 Å². The van der Waals surface area contributed by atoms with Gasteiger partial charge in [0.05, 0.1) is 17.6 Å². The Morgan fingerprint density at radius 2 is 1.77 bits per heavy atom. The van der Waals surface area contributed by atoms with Crippen LogP contribution in [0.2, 0.25) is 0 Å². The van der Waals surface area contributed by atoms with E-state index in [-0.39, 0.29) is 36.4 Å². The number of non-ortho nitro benzene ring substituents is 1. The number of nitrogens with one attached hydrogen (secondary N) is 2. The molecule has 204 valence electrons. The molecule has 12 nitrogen and oxygen atoms in total. The maximum Gasteiger partial charge on any atom is 0.270 e. The number of para-hydroxylation sites is 1. The van der Waals surface area contributed by atoms with Gasteiger partial charge in [-0.1, -0.05) is 47.7 Å². The number of rotatable bonds is 12. The summed E-state index contributed by atoms with van der Waals surface area (Å²) in [5.41, 5.74) is 3.83. The van der Waals surface area contributed by atoms with Crippen molar-refractivity contribution in [1.82, 2.24) is 15.6 Å². The minimum absolute atomic E-state index is 0.135. The number of hydrazone groups is 1. The lowest BCUT2D eigenvalue weighted by Gasteiger charge is -2.10. The zero-order chi connectivity index (χ0) is 28.3. The Hall–Kier alpha value is -5.17. The number of hydrogen-bond acceptors (Lipinski definition) is 10. The minimum atomic E-state index is -0.539. The molecule has 0 aliphatic rings. The van der Waals surface area contributed by atoms with Gasteiger partial charge in [0.25, 0.3) is 11.6 Å². The zero-order valence-electron chi connectivity index (χ0n) is 21.3. The van der Waals surface area contributed by atoms with Crippen LogP contribution in [0.1, 0.15) is 26.5 Å². The van der Waals surface area contributed by atoms with E-state index in [9.17, 15) is 19.7 Å². The summed E-state index contributed by atoms with van der Waals surface area (Å²) >= 11 is 1.06. The lowest BCUT2D eigenvalue weighted by Crippen LogP contribution is -2.19. The van der Waals surface area contributed by atoms with Gasteiger partial charge in [-0.3, -0.25) is 25.0 Å². The number of nitro groups is 1. The van der Waals surface area contributed by atoms with E-state index in [0.29, 0.717) is 27.6 Å². The first-order valence-electron chi connectivity index (χ1n) is 12.0. The second kappa shape index (κ2) is 13.6. The Labute approximate surface area is 232 Å². The molecular formula is C27H24N6O6S. The van der Waals surface area contributed by atoms with E-state index in [1.54, 1.807) is 12.1 Å². The van der Waals surface area contributed by atoms with E-state index in [1.807, 2.05) is 49.4 Å². The average Bonchev–Trinajstić information content (AvgIpc) is 3.38. The minimum Gasteiger partial charge on any atom is -0.490 e. The first-order chi connectivity index (χ1) is 19.4. The quantitative estimate of drug-likeness (QED) is 0.113. The number of ether oxygens (including phenoxy) is 2. The molecule has 3 aromatic carbocycles. The number of aromatic nitrogens is 2. The Morgan fingerprint density at radius 1 is 1.02 bits per heavy atom. The molecule has 0 bridgehead atoms. The number of hydrogen-bond donors (Lipinski definition) is 2. The highest BCUT2D eigenvalue weighted by Crippen LogP contribution is 2.23. The van der Waals surface area contributed by atoms with Gasteiger partial charge in [0.15, 0.2) is 0 Å². The summed E-state index contributed by atoms with van der Waals surface area (Å²) in [4.78, 5) is 35.5. The van der Waals surface area contributed by atoms with Gasteiger partial charge >= 0.3 is 0 Å². The largest absolute Gasteiger partial charge is 0.490 e. The molecule has 0 unspecified atom stereocenters. The summed E-state index contributed by atoms with van der Waals surface area (Å²) < 4.78 is 11.3. The number of nitro benzene ring substituents is 1. The number of benzene rings is 3. The standard InChI is InChI=1S/C27H24N6O6S/c1-18-7-5-6-10-22(18)26(35)29-27-32-31-25(40-27)16-24(34)30-28-17-19-15-20(33(36)37)11-12-23(19)39-14-13-38-21-8-3-2-4-9-21/h2-12,15,17H,13-14,16H2,1H3,(H,30,34)(H,29,32,35). The fourth-order valence-electron chi connectivity index (χ4n) is 3.43. The molecule has 40 heavy (non-hydrogen) atoms. The Bertz CT molecular complexity index is 1520. The van der Waals surface area contributed by atoms with Gasteiger partial charge in [0.1, 0.15) is 29.7 Å². The van der Waals surface area contributed by atoms with Crippen molar-refractivity contribution >= 4 is 40.2 Å². The highest BCUT2D eigenvalue weighted by atomic mass is 32.1. The molecule has 0 saturated heterocycles. The maximum absolute atomic E-state index is 12.5. The molecule has 0 saturated carbocycles. The Kier molecular flexibility index (Phi) is 9.45. The van der Waals surface area contributed by atoms with E-state index in [0.717, 1.165) is 16.9 Å². The number of amides is 2. The molecule has 4 aromatic rings. The smallest absolute Gasteiger partial charge is 0.270 e. The fourth-order valence-corrected chi connectivity index (χ4v) is 4.16. The van der Waals surface area contributed by atoms with Gasteiger partial charge in [0.2, 0.25) is 11.0 Å². The molecule has 0 spiro atoms. The Morgan fingerprint density at radius 3 is 2.55 bits per heavy atom. The van der Waals surface area contributed by atoms with Crippen LogP contribution in [0.3, 0.4) is 0 Å². The molecule has 0 atom stereocenters. The maximum atomic E-state index is 12.5. The molecular weight excluding hydrogens is 536 g/mol. The topological polar surface area (TPSA) is 158 Å². The van der Waals surface area contributed by atoms with Crippen LogP contribution >= 0.6 is 11.3 Å². The van der Waals surface area contributed by atoms with E-state index in [1.165, 1.54) is 24.4 Å². The van der Waals surface area contributed by atoms with Crippen molar-refractivity contribution in [2.45, 2.75) is 13.3 Å². The molecule has 0 fully saturated rings. The number of aryl methyl sites for hydroxylation is 1. The lowest BCUT2D eigenvalue weighted by atomic mass is 10.1. The highest BCUT2D eigenvalue weighted by molar-refractivity contribution is 7.15. The van der Waals surface area contributed by atoms with Crippen LogP contribution in [-0.2, 0) is 11.2 Å².